The third-order valence-electron chi connectivity index (χ3n) is 2.03. The lowest BCUT2D eigenvalue weighted by Crippen LogP contribution is -2.27. The maximum Gasteiger partial charge on any atom is 0.254 e. The van der Waals surface area contributed by atoms with Gasteiger partial charge in [0, 0.05) is 12.3 Å². The molecule has 0 saturated heterocycles. The number of thioether (sulfide) groups is 1. The van der Waals surface area contributed by atoms with E-state index in [1.807, 2.05) is 0 Å². The number of nitrogen functional groups attached to an aromatic ring is 1. The van der Waals surface area contributed by atoms with E-state index in [0.29, 0.717) is 18.1 Å². The zero-order valence-electron chi connectivity index (χ0n) is 9.50. The van der Waals surface area contributed by atoms with Gasteiger partial charge in [0.15, 0.2) is 5.82 Å². The van der Waals surface area contributed by atoms with Gasteiger partial charge in [0.1, 0.15) is 5.82 Å². The highest BCUT2D eigenvalue weighted by Crippen LogP contribution is 2.17. The predicted molar refractivity (Wildman–Crippen MR) is 69.3 cm³/mol. The molecule has 1 aromatic carbocycles. The van der Waals surface area contributed by atoms with E-state index in [1.165, 1.54) is 11.8 Å². The standard InChI is InChI=1S/C12H12F2N2OS/c1-2-4-18-5-3-16-12(17)9-6-8(13)7-10(15)11(9)14/h1,6-7H,3-5,15H2,(H,16,17). The lowest BCUT2D eigenvalue weighted by atomic mass is 10.1. The van der Waals surface area contributed by atoms with Crippen LogP contribution in [0.2, 0.25) is 0 Å². The maximum atomic E-state index is 13.5. The summed E-state index contributed by atoms with van der Waals surface area (Å²) >= 11 is 1.46. The minimum atomic E-state index is -0.912. The van der Waals surface area contributed by atoms with Gasteiger partial charge in [-0.3, -0.25) is 4.79 Å². The fourth-order valence-corrected chi connectivity index (χ4v) is 1.75. The highest BCUT2D eigenvalue weighted by Gasteiger charge is 2.15. The van der Waals surface area contributed by atoms with E-state index >= 15 is 0 Å². The molecule has 0 bridgehead atoms. The van der Waals surface area contributed by atoms with Crippen molar-refractivity contribution < 1.29 is 13.6 Å². The quantitative estimate of drug-likeness (QED) is 0.486. The third kappa shape index (κ3) is 3.93. The summed E-state index contributed by atoms with van der Waals surface area (Å²) in [4.78, 5) is 11.6. The first-order valence-corrected chi connectivity index (χ1v) is 6.25. The Balaban J connectivity index is 2.60. The van der Waals surface area contributed by atoms with Crippen molar-refractivity contribution in [2.45, 2.75) is 0 Å². The number of rotatable bonds is 5. The first kappa shape index (κ1) is 14.3. The van der Waals surface area contributed by atoms with Crippen molar-refractivity contribution in [1.29, 1.82) is 0 Å². The summed E-state index contributed by atoms with van der Waals surface area (Å²) in [5, 5.41) is 2.46. The molecule has 0 unspecified atom stereocenters. The Kier molecular flexibility index (Phi) is 5.46. The Bertz CT molecular complexity index is 486. The normalized spacial score (nSPS) is 9.83. The molecule has 6 heteroatoms. The van der Waals surface area contributed by atoms with E-state index in [-0.39, 0.29) is 5.69 Å². The van der Waals surface area contributed by atoms with Crippen LogP contribution in [-0.2, 0) is 0 Å². The van der Waals surface area contributed by atoms with Crippen LogP contribution >= 0.6 is 11.8 Å². The van der Waals surface area contributed by atoms with Crippen molar-refractivity contribution >= 4 is 23.4 Å². The second kappa shape index (κ2) is 6.87. The second-order valence-corrected chi connectivity index (χ2v) is 4.47. The number of carbonyl (C=O) groups is 1. The molecule has 0 aromatic heterocycles. The Morgan fingerprint density at radius 3 is 2.89 bits per heavy atom. The van der Waals surface area contributed by atoms with Crippen LogP contribution in [0, 0.1) is 24.0 Å². The lowest BCUT2D eigenvalue weighted by Gasteiger charge is -2.07. The Labute approximate surface area is 108 Å². The summed E-state index contributed by atoms with van der Waals surface area (Å²) in [7, 11) is 0. The molecule has 1 rings (SSSR count). The van der Waals surface area contributed by atoms with Crippen molar-refractivity contribution in [3.63, 3.8) is 0 Å². The Hall–Kier alpha value is -1.74. The molecule has 1 aromatic rings. The van der Waals surface area contributed by atoms with Gasteiger partial charge in [-0.1, -0.05) is 5.92 Å². The van der Waals surface area contributed by atoms with Gasteiger partial charge in [0.2, 0.25) is 0 Å². The zero-order chi connectivity index (χ0) is 13.5. The highest BCUT2D eigenvalue weighted by atomic mass is 32.2. The van der Waals surface area contributed by atoms with E-state index in [9.17, 15) is 13.6 Å². The summed E-state index contributed by atoms with van der Waals surface area (Å²) in [5.41, 5.74) is 4.45. The molecule has 0 spiro atoms. The summed E-state index contributed by atoms with van der Waals surface area (Å²) in [6.07, 6.45) is 5.05. The summed E-state index contributed by atoms with van der Waals surface area (Å²) in [5.74, 6) is 1.22. The molecule has 18 heavy (non-hydrogen) atoms. The molecule has 1 amide bonds. The monoisotopic (exact) mass is 270 g/mol. The fourth-order valence-electron chi connectivity index (χ4n) is 1.24. The van der Waals surface area contributed by atoms with Gasteiger partial charge in [-0.2, -0.15) is 0 Å². The SMILES string of the molecule is C#CCSCCNC(=O)c1cc(F)cc(N)c1F. The van der Waals surface area contributed by atoms with Gasteiger partial charge in [0.05, 0.1) is 17.0 Å². The number of anilines is 1. The minimum Gasteiger partial charge on any atom is -0.396 e. The number of terminal acetylenes is 1. The van der Waals surface area contributed by atoms with Crippen molar-refractivity contribution in [2.75, 3.05) is 23.8 Å². The van der Waals surface area contributed by atoms with Gasteiger partial charge < -0.3 is 11.1 Å². The zero-order valence-corrected chi connectivity index (χ0v) is 10.3. The minimum absolute atomic E-state index is 0.320. The molecule has 0 aliphatic carbocycles. The molecule has 0 fully saturated rings. The average Bonchev–Trinajstić information content (AvgIpc) is 2.33. The van der Waals surface area contributed by atoms with Crippen LogP contribution < -0.4 is 11.1 Å². The predicted octanol–water partition coefficient (Wildman–Crippen LogP) is 1.64. The maximum absolute atomic E-state index is 13.5. The molecule has 0 heterocycles. The van der Waals surface area contributed by atoms with Gasteiger partial charge in [-0.25, -0.2) is 8.78 Å². The number of halogens is 2. The van der Waals surface area contributed by atoms with E-state index < -0.39 is 23.1 Å². The highest BCUT2D eigenvalue weighted by molar-refractivity contribution is 7.99. The Morgan fingerprint density at radius 1 is 1.50 bits per heavy atom. The molecule has 3 nitrogen and oxygen atoms in total. The molecule has 96 valence electrons. The van der Waals surface area contributed by atoms with Crippen LogP contribution in [-0.4, -0.2) is 24.0 Å². The van der Waals surface area contributed by atoms with Crippen molar-refractivity contribution in [2.24, 2.45) is 0 Å². The van der Waals surface area contributed by atoms with Gasteiger partial charge in [-0.05, 0) is 12.1 Å². The summed E-state index contributed by atoms with van der Waals surface area (Å²) in [6.45, 7) is 0.320. The topological polar surface area (TPSA) is 55.1 Å². The number of hydrogen-bond donors (Lipinski definition) is 2. The molecule has 0 radical (unpaired) electrons. The lowest BCUT2D eigenvalue weighted by molar-refractivity contribution is 0.0952. The van der Waals surface area contributed by atoms with Crippen LogP contribution in [0.3, 0.4) is 0 Å². The molecule has 3 N–H and O–H groups in total. The first-order valence-electron chi connectivity index (χ1n) is 5.10. The number of amides is 1. The van der Waals surface area contributed by atoms with E-state index in [2.05, 4.69) is 11.2 Å². The van der Waals surface area contributed by atoms with E-state index in [0.717, 1.165) is 12.1 Å². The number of nitrogens with two attached hydrogens (primary N) is 1. The number of hydrogen-bond acceptors (Lipinski definition) is 3. The van der Waals surface area contributed by atoms with Crippen LogP contribution in [0.25, 0.3) is 0 Å². The Morgan fingerprint density at radius 2 is 2.22 bits per heavy atom. The van der Waals surface area contributed by atoms with Crippen LogP contribution in [0.4, 0.5) is 14.5 Å². The molecule has 0 aliphatic rings. The average molecular weight is 270 g/mol. The first-order chi connectivity index (χ1) is 8.56. The number of carbonyl (C=O) groups excluding carboxylic acids is 1. The van der Waals surface area contributed by atoms with Gasteiger partial charge in [-0.15, -0.1) is 18.2 Å². The molecular formula is C12H12F2N2OS. The van der Waals surface area contributed by atoms with Crippen LogP contribution in [0.5, 0.6) is 0 Å². The van der Waals surface area contributed by atoms with Crippen LogP contribution in [0.1, 0.15) is 10.4 Å². The molecule has 0 atom stereocenters. The van der Waals surface area contributed by atoms with E-state index in [4.69, 9.17) is 12.2 Å². The van der Waals surface area contributed by atoms with Crippen LogP contribution in [0.15, 0.2) is 12.1 Å². The smallest absolute Gasteiger partial charge is 0.254 e. The van der Waals surface area contributed by atoms with Gasteiger partial charge in [0.25, 0.3) is 5.91 Å². The molecule has 0 saturated carbocycles. The van der Waals surface area contributed by atoms with Crippen molar-refractivity contribution in [1.82, 2.24) is 5.32 Å². The van der Waals surface area contributed by atoms with Gasteiger partial charge >= 0.3 is 0 Å². The number of benzene rings is 1. The molecule has 0 aliphatic heterocycles. The van der Waals surface area contributed by atoms with Crippen molar-refractivity contribution in [3.05, 3.63) is 29.3 Å². The van der Waals surface area contributed by atoms with Crippen molar-refractivity contribution in [3.8, 4) is 12.3 Å². The van der Waals surface area contributed by atoms with E-state index in [1.54, 1.807) is 0 Å². The third-order valence-corrected chi connectivity index (χ3v) is 2.89. The number of nitrogens with one attached hydrogen (secondary N) is 1. The molecular weight excluding hydrogens is 258 g/mol. The summed E-state index contributed by atoms with van der Waals surface area (Å²) in [6, 6.07) is 1.64. The fraction of sp³-hybridized carbons (Fsp3) is 0.250. The largest absolute Gasteiger partial charge is 0.396 e. The summed E-state index contributed by atoms with van der Waals surface area (Å²) < 4.78 is 26.5. The second-order valence-electron chi connectivity index (χ2n) is 3.37.